The van der Waals surface area contributed by atoms with Gasteiger partial charge in [0.1, 0.15) is 10.8 Å². The molecule has 0 radical (unpaired) electrons. The summed E-state index contributed by atoms with van der Waals surface area (Å²) >= 11 is 1.27. The maximum Gasteiger partial charge on any atom is 0.419 e. The molecule has 0 amide bonds. The molecule has 0 bridgehead atoms. The maximum atomic E-state index is 13.6. The van der Waals surface area contributed by atoms with Crippen LogP contribution in [-0.2, 0) is 22.7 Å². The van der Waals surface area contributed by atoms with Crippen LogP contribution in [0.3, 0.4) is 0 Å². The molecule has 0 aliphatic heterocycles. The second-order valence-corrected chi connectivity index (χ2v) is 9.71. The average Bonchev–Trinajstić information content (AvgIpc) is 2.96. The van der Waals surface area contributed by atoms with Crippen molar-refractivity contribution < 1.29 is 26.0 Å². The number of hydrogen-bond acceptors (Lipinski definition) is 3. The molecular weight excluding hydrogens is 426 g/mol. The Morgan fingerprint density at radius 3 is 2.41 bits per heavy atom. The molecule has 0 spiro atoms. The largest absolute Gasteiger partial charge is 0.419 e. The Labute approximate surface area is 170 Å². The lowest BCUT2D eigenvalue weighted by Gasteiger charge is -2.24. The molecule has 3 nitrogen and oxygen atoms in total. The normalized spacial score (nSPS) is 12.5. The lowest BCUT2D eigenvalue weighted by Crippen LogP contribution is -2.32. The van der Waals surface area contributed by atoms with Crippen LogP contribution in [0.25, 0.3) is 10.1 Å². The van der Waals surface area contributed by atoms with Crippen LogP contribution in [0.2, 0.25) is 0 Å². The zero-order valence-electron chi connectivity index (χ0n) is 15.8. The second-order valence-electron chi connectivity index (χ2n) is 6.66. The van der Waals surface area contributed by atoms with E-state index in [1.54, 1.807) is 13.8 Å². The number of sulfonamides is 1. The quantitative estimate of drug-likeness (QED) is 0.429. The van der Waals surface area contributed by atoms with Crippen molar-refractivity contribution in [2.24, 2.45) is 0 Å². The third-order valence-corrected chi connectivity index (χ3v) is 7.82. The van der Waals surface area contributed by atoms with Gasteiger partial charge in [-0.05, 0) is 48.1 Å². The first kappa shape index (κ1) is 21.6. The van der Waals surface area contributed by atoms with E-state index in [1.807, 2.05) is 24.3 Å². The van der Waals surface area contributed by atoms with Gasteiger partial charge in [-0.2, -0.15) is 13.2 Å². The molecule has 1 heterocycles. The molecule has 0 saturated heterocycles. The first-order valence-electron chi connectivity index (χ1n) is 8.88. The fourth-order valence-electron chi connectivity index (χ4n) is 3.12. The van der Waals surface area contributed by atoms with Gasteiger partial charge in [-0.25, -0.2) is 12.8 Å². The topological polar surface area (TPSA) is 37.4 Å². The molecule has 2 aromatic carbocycles. The highest BCUT2D eigenvalue weighted by molar-refractivity contribution is 7.93. The van der Waals surface area contributed by atoms with E-state index < -0.39 is 27.6 Å². The van der Waals surface area contributed by atoms with Gasteiger partial charge in [0.05, 0.1) is 17.9 Å². The molecule has 0 fully saturated rings. The van der Waals surface area contributed by atoms with E-state index in [0.717, 1.165) is 26.0 Å². The maximum absolute atomic E-state index is 13.6. The fourth-order valence-corrected chi connectivity index (χ4v) is 6.16. The molecule has 1 aromatic heterocycles. The molecule has 0 unspecified atom stereocenters. The standard InChI is InChI=1S/C20H19F4NO2S2/c1-3-10-29(26,27)25(19-13(2)15-6-4-5-7-18(15)28-19)12-14-8-9-17(21)16(11-14)20(22,23)24/h4-9,11H,3,10,12H2,1-2H3. The monoisotopic (exact) mass is 445 g/mol. The number of fused-ring (bicyclic) bond motifs is 1. The summed E-state index contributed by atoms with van der Waals surface area (Å²) in [5.41, 5.74) is -0.602. The Balaban J connectivity index is 2.12. The van der Waals surface area contributed by atoms with Crippen molar-refractivity contribution in [3.8, 4) is 0 Å². The second kappa shape index (κ2) is 7.95. The summed E-state index contributed by atoms with van der Waals surface area (Å²) in [6.07, 6.45) is -4.50. The minimum Gasteiger partial charge on any atom is -0.256 e. The molecular formula is C20H19F4NO2S2. The van der Waals surface area contributed by atoms with E-state index in [0.29, 0.717) is 17.5 Å². The van der Waals surface area contributed by atoms with Crippen LogP contribution in [0.4, 0.5) is 22.6 Å². The Kier molecular flexibility index (Phi) is 5.91. The van der Waals surface area contributed by atoms with Crippen LogP contribution in [0.1, 0.15) is 30.0 Å². The highest BCUT2D eigenvalue weighted by Crippen LogP contribution is 2.40. The smallest absolute Gasteiger partial charge is 0.256 e. The van der Waals surface area contributed by atoms with Crippen molar-refractivity contribution in [1.82, 2.24) is 0 Å². The lowest BCUT2D eigenvalue weighted by molar-refractivity contribution is -0.140. The Morgan fingerprint density at radius 1 is 1.10 bits per heavy atom. The summed E-state index contributed by atoms with van der Waals surface area (Å²) in [7, 11) is -3.78. The van der Waals surface area contributed by atoms with Crippen LogP contribution in [0.15, 0.2) is 42.5 Å². The van der Waals surface area contributed by atoms with Gasteiger partial charge in [0.2, 0.25) is 10.0 Å². The molecule has 0 aliphatic carbocycles. The highest BCUT2D eigenvalue weighted by atomic mass is 32.2. The summed E-state index contributed by atoms with van der Waals surface area (Å²) < 4.78 is 80.8. The van der Waals surface area contributed by atoms with E-state index in [2.05, 4.69) is 0 Å². The predicted molar refractivity (Wildman–Crippen MR) is 108 cm³/mol. The van der Waals surface area contributed by atoms with Crippen molar-refractivity contribution >= 4 is 36.4 Å². The van der Waals surface area contributed by atoms with E-state index in [4.69, 9.17) is 0 Å². The summed E-state index contributed by atoms with van der Waals surface area (Å²) in [5.74, 6) is -1.53. The molecule has 0 saturated carbocycles. The first-order chi connectivity index (χ1) is 13.5. The molecule has 0 atom stereocenters. The van der Waals surface area contributed by atoms with Gasteiger partial charge in [0.15, 0.2) is 0 Å². The zero-order chi connectivity index (χ0) is 21.4. The molecule has 3 rings (SSSR count). The van der Waals surface area contributed by atoms with Gasteiger partial charge < -0.3 is 0 Å². The predicted octanol–water partition coefficient (Wildman–Crippen LogP) is 6.11. The Hall–Kier alpha value is -2.13. The molecule has 0 N–H and O–H groups in total. The molecule has 3 aromatic rings. The third kappa shape index (κ3) is 4.40. The van der Waals surface area contributed by atoms with Gasteiger partial charge in [0.25, 0.3) is 0 Å². The van der Waals surface area contributed by atoms with Crippen molar-refractivity contribution in [2.45, 2.75) is 33.0 Å². The van der Waals surface area contributed by atoms with Crippen LogP contribution < -0.4 is 4.31 Å². The molecule has 9 heteroatoms. The van der Waals surface area contributed by atoms with Gasteiger partial charge >= 0.3 is 6.18 Å². The number of aryl methyl sites for hydroxylation is 1. The van der Waals surface area contributed by atoms with Crippen LogP contribution in [-0.4, -0.2) is 14.2 Å². The summed E-state index contributed by atoms with van der Waals surface area (Å²) in [4.78, 5) is 0. The number of alkyl halides is 3. The number of nitrogens with zero attached hydrogens (tertiary/aromatic N) is 1. The number of anilines is 1. The minimum atomic E-state index is -4.86. The SMILES string of the molecule is CCCS(=O)(=O)N(Cc1ccc(F)c(C(F)(F)F)c1)c1sc2ccccc2c1C. The van der Waals surface area contributed by atoms with Crippen LogP contribution >= 0.6 is 11.3 Å². The van der Waals surface area contributed by atoms with Crippen molar-refractivity contribution in [1.29, 1.82) is 0 Å². The van der Waals surface area contributed by atoms with Gasteiger partial charge in [-0.1, -0.05) is 31.2 Å². The van der Waals surface area contributed by atoms with Gasteiger partial charge in [-0.3, -0.25) is 4.31 Å². The van der Waals surface area contributed by atoms with Crippen molar-refractivity contribution in [3.63, 3.8) is 0 Å². The minimum absolute atomic E-state index is 0.0651. The van der Waals surface area contributed by atoms with E-state index in [9.17, 15) is 26.0 Å². The number of benzene rings is 2. The molecule has 156 valence electrons. The summed E-state index contributed by atoms with van der Waals surface area (Å²) in [5, 5.41) is 1.34. The number of halogens is 4. The number of rotatable bonds is 6. The van der Waals surface area contributed by atoms with E-state index in [1.165, 1.54) is 17.4 Å². The highest BCUT2D eigenvalue weighted by Gasteiger charge is 2.35. The Bertz CT molecular complexity index is 1140. The summed E-state index contributed by atoms with van der Waals surface area (Å²) in [6, 6.07) is 9.99. The van der Waals surface area contributed by atoms with Crippen molar-refractivity contribution in [2.75, 3.05) is 10.1 Å². The molecule has 29 heavy (non-hydrogen) atoms. The Morgan fingerprint density at radius 2 is 1.79 bits per heavy atom. The van der Waals surface area contributed by atoms with Crippen LogP contribution in [0.5, 0.6) is 0 Å². The summed E-state index contributed by atoms with van der Waals surface area (Å²) in [6.45, 7) is 3.20. The van der Waals surface area contributed by atoms with Crippen LogP contribution in [0, 0.1) is 12.7 Å². The van der Waals surface area contributed by atoms with Gasteiger partial charge in [-0.15, -0.1) is 11.3 Å². The zero-order valence-corrected chi connectivity index (χ0v) is 17.4. The third-order valence-electron chi connectivity index (χ3n) is 4.51. The number of hydrogen-bond donors (Lipinski definition) is 0. The van der Waals surface area contributed by atoms with E-state index in [-0.39, 0.29) is 17.9 Å². The average molecular weight is 446 g/mol. The lowest BCUT2D eigenvalue weighted by atomic mass is 10.1. The van der Waals surface area contributed by atoms with E-state index >= 15 is 0 Å². The first-order valence-corrected chi connectivity index (χ1v) is 11.3. The van der Waals surface area contributed by atoms with Crippen molar-refractivity contribution in [3.05, 3.63) is 65.0 Å². The van der Waals surface area contributed by atoms with Gasteiger partial charge in [0, 0.05) is 4.70 Å². The number of thiophene rings is 1. The molecule has 0 aliphatic rings. The fraction of sp³-hybridized carbons (Fsp3) is 0.300.